The zero-order valence-electron chi connectivity index (χ0n) is 13.9. The highest BCUT2D eigenvalue weighted by atomic mass is 32.1. The van der Waals surface area contributed by atoms with E-state index in [0.717, 1.165) is 18.4 Å². The molecule has 2 unspecified atom stereocenters. The Hall–Kier alpha value is -2.14. The van der Waals surface area contributed by atoms with Crippen molar-refractivity contribution < 1.29 is 14.3 Å². The van der Waals surface area contributed by atoms with Crippen LogP contribution in [0.25, 0.3) is 0 Å². The molecular weight excluding hydrogens is 334 g/mol. The Morgan fingerprint density at radius 1 is 1.20 bits per heavy atom. The molecule has 2 atom stereocenters. The van der Waals surface area contributed by atoms with E-state index in [1.165, 1.54) is 17.7 Å². The molecule has 0 bridgehead atoms. The van der Waals surface area contributed by atoms with E-state index in [1.54, 1.807) is 17.4 Å². The van der Waals surface area contributed by atoms with Crippen molar-refractivity contribution in [2.24, 2.45) is 5.92 Å². The van der Waals surface area contributed by atoms with Crippen LogP contribution in [-0.4, -0.2) is 11.9 Å². The number of ether oxygens (including phenoxy) is 1. The molecule has 25 heavy (non-hydrogen) atoms. The molecule has 1 aromatic carbocycles. The topological polar surface area (TPSA) is 55.4 Å². The first kappa shape index (κ1) is 16.3. The lowest BCUT2D eigenvalue weighted by Gasteiger charge is -2.24. The van der Waals surface area contributed by atoms with Crippen molar-refractivity contribution >= 4 is 23.2 Å². The maximum Gasteiger partial charge on any atom is 0.339 e. The number of carbonyl (C=O) groups is 2. The lowest BCUT2D eigenvalue weighted by molar-refractivity contribution is -0.124. The van der Waals surface area contributed by atoms with Crippen molar-refractivity contribution in [3.8, 4) is 0 Å². The van der Waals surface area contributed by atoms with Crippen molar-refractivity contribution in [1.29, 1.82) is 0 Å². The standard InChI is InChI=1S/C20H21NO3S/c22-18(12-16-14-8-3-4-9-15(14)20(23)24-16)21-19(13-6-1-2-7-13)17-10-5-11-25-17/h3-5,8-11,13,16,19H,1-2,6-7,12H2,(H,21,22). The fourth-order valence-corrected chi connectivity index (χ4v) is 4.82. The third-order valence-electron chi connectivity index (χ3n) is 5.19. The second-order valence-corrected chi connectivity index (χ2v) is 7.77. The third kappa shape index (κ3) is 3.33. The molecule has 0 saturated heterocycles. The number of fused-ring (bicyclic) bond motifs is 1. The first-order valence-corrected chi connectivity index (χ1v) is 9.73. The van der Waals surface area contributed by atoms with Gasteiger partial charge in [-0.25, -0.2) is 4.79 Å². The smallest absolute Gasteiger partial charge is 0.339 e. The Kier molecular flexibility index (Phi) is 4.57. The quantitative estimate of drug-likeness (QED) is 0.809. The van der Waals surface area contributed by atoms with Gasteiger partial charge in [0.05, 0.1) is 18.0 Å². The lowest BCUT2D eigenvalue weighted by atomic mass is 9.96. The molecule has 1 aliphatic carbocycles. The first-order chi connectivity index (χ1) is 12.2. The number of nitrogens with one attached hydrogen (secondary N) is 1. The van der Waals surface area contributed by atoms with Crippen LogP contribution in [0.3, 0.4) is 0 Å². The molecule has 2 aromatic rings. The number of cyclic esters (lactones) is 1. The number of benzene rings is 1. The highest BCUT2D eigenvalue weighted by Gasteiger charge is 2.34. The van der Waals surface area contributed by atoms with Crippen LogP contribution in [-0.2, 0) is 9.53 Å². The highest BCUT2D eigenvalue weighted by Crippen LogP contribution is 2.38. The van der Waals surface area contributed by atoms with Gasteiger partial charge in [-0.3, -0.25) is 4.79 Å². The zero-order chi connectivity index (χ0) is 17.2. The van der Waals surface area contributed by atoms with E-state index in [9.17, 15) is 9.59 Å². The van der Waals surface area contributed by atoms with Gasteiger partial charge in [-0.15, -0.1) is 11.3 Å². The van der Waals surface area contributed by atoms with Gasteiger partial charge < -0.3 is 10.1 Å². The summed E-state index contributed by atoms with van der Waals surface area (Å²) in [6, 6.07) is 11.5. The molecule has 1 aliphatic heterocycles. The van der Waals surface area contributed by atoms with Gasteiger partial charge in [0, 0.05) is 10.4 Å². The minimum atomic E-state index is -0.476. The van der Waals surface area contributed by atoms with Crippen molar-refractivity contribution in [1.82, 2.24) is 5.32 Å². The van der Waals surface area contributed by atoms with Crippen LogP contribution in [0, 0.1) is 5.92 Å². The molecule has 1 N–H and O–H groups in total. The first-order valence-electron chi connectivity index (χ1n) is 8.85. The van der Waals surface area contributed by atoms with Gasteiger partial charge >= 0.3 is 5.97 Å². The zero-order valence-corrected chi connectivity index (χ0v) is 14.8. The van der Waals surface area contributed by atoms with E-state index in [1.807, 2.05) is 24.3 Å². The lowest BCUT2D eigenvalue weighted by Crippen LogP contribution is -2.33. The van der Waals surface area contributed by atoms with Gasteiger partial charge in [0.1, 0.15) is 6.10 Å². The van der Waals surface area contributed by atoms with Crippen molar-refractivity contribution in [3.05, 3.63) is 57.8 Å². The van der Waals surface area contributed by atoms with Crippen LogP contribution < -0.4 is 5.32 Å². The van der Waals surface area contributed by atoms with E-state index >= 15 is 0 Å². The minimum absolute atomic E-state index is 0.0557. The van der Waals surface area contributed by atoms with Gasteiger partial charge in [-0.2, -0.15) is 0 Å². The number of hydrogen-bond donors (Lipinski definition) is 1. The van der Waals surface area contributed by atoms with Gasteiger partial charge in [0.15, 0.2) is 0 Å². The molecule has 1 fully saturated rings. The molecule has 2 aliphatic rings. The summed E-state index contributed by atoms with van der Waals surface area (Å²) in [6.07, 6.45) is 4.48. The Bertz CT molecular complexity index is 765. The van der Waals surface area contributed by atoms with Crippen LogP contribution in [0.4, 0.5) is 0 Å². The largest absolute Gasteiger partial charge is 0.453 e. The summed E-state index contributed by atoms with van der Waals surface area (Å²) in [5, 5.41) is 5.27. The molecule has 4 rings (SSSR count). The molecule has 1 amide bonds. The van der Waals surface area contributed by atoms with E-state index in [0.29, 0.717) is 11.5 Å². The SMILES string of the molecule is O=C(CC1OC(=O)c2ccccc21)NC(c1cccs1)C1CCCC1. The molecule has 5 heteroatoms. The Morgan fingerprint density at radius 3 is 2.76 bits per heavy atom. The fraction of sp³-hybridized carbons (Fsp3) is 0.400. The van der Waals surface area contributed by atoms with Crippen LogP contribution in [0.2, 0.25) is 0 Å². The summed E-state index contributed by atoms with van der Waals surface area (Å²) >= 11 is 1.69. The van der Waals surface area contributed by atoms with Crippen LogP contribution >= 0.6 is 11.3 Å². The number of rotatable bonds is 5. The van der Waals surface area contributed by atoms with Crippen molar-refractivity contribution in [2.45, 2.75) is 44.2 Å². The number of hydrogen-bond acceptors (Lipinski definition) is 4. The minimum Gasteiger partial charge on any atom is -0.453 e. The number of thiophene rings is 1. The second kappa shape index (κ2) is 7.00. The molecule has 0 radical (unpaired) electrons. The van der Waals surface area contributed by atoms with Gasteiger partial charge in [0.25, 0.3) is 0 Å². The van der Waals surface area contributed by atoms with Gasteiger partial charge in [-0.1, -0.05) is 37.1 Å². The number of esters is 1. The predicted octanol–water partition coefficient (Wildman–Crippen LogP) is 4.40. The predicted molar refractivity (Wildman–Crippen MR) is 96.4 cm³/mol. The Balaban J connectivity index is 1.47. The van der Waals surface area contributed by atoms with E-state index in [-0.39, 0.29) is 24.3 Å². The van der Waals surface area contributed by atoms with Gasteiger partial charge in [-0.05, 0) is 36.3 Å². The molecule has 2 heterocycles. The average molecular weight is 355 g/mol. The normalized spacial score (nSPS) is 21.0. The second-order valence-electron chi connectivity index (χ2n) is 6.79. The molecule has 130 valence electrons. The highest BCUT2D eigenvalue weighted by molar-refractivity contribution is 7.10. The molecule has 4 nitrogen and oxygen atoms in total. The Morgan fingerprint density at radius 2 is 2.00 bits per heavy atom. The van der Waals surface area contributed by atoms with E-state index in [2.05, 4.69) is 16.8 Å². The van der Waals surface area contributed by atoms with Crippen LogP contribution in [0.5, 0.6) is 0 Å². The maximum atomic E-state index is 12.7. The number of amides is 1. The summed E-state index contributed by atoms with van der Waals surface area (Å²) in [5.74, 6) is 0.111. The summed E-state index contributed by atoms with van der Waals surface area (Å²) in [7, 11) is 0. The molecule has 0 spiro atoms. The fourth-order valence-electron chi connectivity index (χ4n) is 3.95. The average Bonchev–Trinajstić information content (AvgIpc) is 3.36. The van der Waals surface area contributed by atoms with Crippen molar-refractivity contribution in [3.63, 3.8) is 0 Å². The summed E-state index contributed by atoms with van der Waals surface area (Å²) in [5.41, 5.74) is 1.39. The monoisotopic (exact) mass is 355 g/mol. The van der Waals surface area contributed by atoms with Crippen molar-refractivity contribution in [2.75, 3.05) is 0 Å². The van der Waals surface area contributed by atoms with Gasteiger partial charge in [0.2, 0.25) is 5.91 Å². The maximum absolute atomic E-state index is 12.7. The summed E-state index contributed by atoms with van der Waals surface area (Å²) in [6.45, 7) is 0. The molecule has 1 aromatic heterocycles. The molecular formula is C20H21NO3S. The summed E-state index contributed by atoms with van der Waals surface area (Å²) in [4.78, 5) is 25.8. The summed E-state index contributed by atoms with van der Waals surface area (Å²) < 4.78 is 5.40. The van der Waals surface area contributed by atoms with Crippen LogP contribution in [0.15, 0.2) is 41.8 Å². The molecule has 1 saturated carbocycles. The van der Waals surface area contributed by atoms with E-state index in [4.69, 9.17) is 4.74 Å². The van der Waals surface area contributed by atoms with Crippen LogP contribution in [0.1, 0.15) is 65.0 Å². The van der Waals surface area contributed by atoms with E-state index < -0.39 is 6.10 Å². The number of carbonyl (C=O) groups excluding carboxylic acids is 2. The third-order valence-corrected chi connectivity index (χ3v) is 6.14. The Labute approximate surface area is 151 Å².